The van der Waals surface area contributed by atoms with Gasteiger partial charge in [-0.05, 0) is 61.0 Å². The fourth-order valence-electron chi connectivity index (χ4n) is 5.78. The fraction of sp³-hybridized carbons (Fsp3) is 0.268. The first-order valence-electron chi connectivity index (χ1n) is 17.9. The van der Waals surface area contributed by atoms with E-state index in [9.17, 15) is 22.5 Å². The smallest absolute Gasteiger partial charge is 0.447 e. The minimum absolute atomic E-state index is 0.112. The highest BCUT2D eigenvalue weighted by atomic mass is 32.2. The zero-order chi connectivity index (χ0) is 42.4. The Morgan fingerprint density at radius 3 is 2.37 bits per heavy atom. The summed E-state index contributed by atoms with van der Waals surface area (Å²) in [5.74, 6) is -4.28. The maximum atomic E-state index is 16.0. The predicted molar refractivity (Wildman–Crippen MR) is 210 cm³/mol. The molecule has 0 saturated carbocycles. The Labute approximate surface area is 342 Å². The quantitative estimate of drug-likeness (QED) is 0.0276. The van der Waals surface area contributed by atoms with Gasteiger partial charge in [-0.3, -0.25) is 13.6 Å². The first-order chi connectivity index (χ1) is 28.4. The third-order valence-electron chi connectivity index (χ3n) is 8.62. The number of carbonyl (C=O) groups is 1. The number of phosphoric ester groups is 1. The van der Waals surface area contributed by atoms with Gasteiger partial charge in [0.1, 0.15) is 35.9 Å². The second-order valence-corrected chi connectivity index (χ2v) is 16.0. The van der Waals surface area contributed by atoms with Crippen LogP contribution in [0.2, 0.25) is 0 Å². The molecule has 2 atom stereocenters. The normalized spacial score (nSPS) is 17.4. The molecule has 0 radical (unpaired) electrons. The van der Waals surface area contributed by atoms with Crippen molar-refractivity contribution in [1.29, 1.82) is 5.26 Å². The van der Waals surface area contributed by atoms with Crippen molar-refractivity contribution in [3.8, 4) is 6.07 Å². The van der Waals surface area contributed by atoms with Crippen molar-refractivity contribution in [3.63, 3.8) is 0 Å². The number of thioether (sulfide) groups is 1. The van der Waals surface area contributed by atoms with Gasteiger partial charge in [0.15, 0.2) is 11.9 Å². The number of carbonyl (C=O) groups excluding carboxylic acids is 1. The fourth-order valence-corrected chi connectivity index (χ4v) is 8.23. The molecule has 2 heterocycles. The summed E-state index contributed by atoms with van der Waals surface area (Å²) in [6.07, 6.45) is 10.8. The van der Waals surface area contributed by atoms with Crippen LogP contribution in [0.5, 0.6) is 0 Å². The molecule has 4 aromatic rings. The molecule has 5 rings (SSSR count). The molecule has 1 saturated heterocycles. The van der Waals surface area contributed by atoms with E-state index in [1.54, 1.807) is 25.2 Å². The van der Waals surface area contributed by atoms with Crippen LogP contribution < -0.4 is 0 Å². The van der Waals surface area contributed by atoms with Crippen molar-refractivity contribution < 1.29 is 54.7 Å². The van der Waals surface area contributed by atoms with Crippen LogP contribution in [0.15, 0.2) is 111 Å². The van der Waals surface area contributed by atoms with Crippen LogP contribution in [0, 0.1) is 34.6 Å². The maximum Gasteiger partial charge on any atom is 0.475 e. The number of aromatic nitrogens is 3. The molecular weight excluding hydrogens is 816 g/mol. The molecule has 310 valence electrons. The van der Waals surface area contributed by atoms with E-state index in [0.29, 0.717) is 6.07 Å². The van der Waals surface area contributed by atoms with Crippen LogP contribution >= 0.6 is 19.6 Å². The van der Waals surface area contributed by atoms with E-state index in [4.69, 9.17) is 33.0 Å². The number of rotatable bonds is 20. The second kappa shape index (κ2) is 21.2. The standard InChI is InChI=1S/C41H39F4N4O8PS/c1-4-16-54-58(51,55-17-5-2)56-22-31-19-32(42)12-14-35(31)40(50)57-41(25-49-27-47-26-48-49,36-15-13-33(43)20-38(36)45)28(3)59-34-23-52-39(53-24-34)9-7-6-8-30-11-10-29(21-46)18-37(30)44/h4-15,18-20,26-28,34,39H,1-2,16-17,22-25H2,3H3/b8-6+,9-7+/t28-,34-,39-,41-/m1/s1. The van der Waals surface area contributed by atoms with E-state index in [2.05, 4.69) is 23.2 Å². The Balaban J connectivity index is 1.40. The summed E-state index contributed by atoms with van der Waals surface area (Å²) < 4.78 is 108. The average Bonchev–Trinajstić information content (AvgIpc) is 3.74. The third kappa shape index (κ3) is 12.2. The predicted octanol–water partition coefficient (Wildman–Crippen LogP) is 8.62. The Hall–Kier alpha value is -5.18. The number of halogens is 4. The monoisotopic (exact) mass is 854 g/mol. The molecule has 59 heavy (non-hydrogen) atoms. The zero-order valence-electron chi connectivity index (χ0n) is 31.6. The highest BCUT2D eigenvalue weighted by Gasteiger charge is 2.47. The van der Waals surface area contributed by atoms with Crippen LogP contribution in [0.3, 0.4) is 0 Å². The minimum Gasteiger partial charge on any atom is -0.447 e. The van der Waals surface area contributed by atoms with Crippen molar-refractivity contribution in [2.75, 3.05) is 26.4 Å². The number of benzene rings is 3. The molecule has 1 aromatic heterocycles. The van der Waals surface area contributed by atoms with Crippen molar-refractivity contribution in [2.45, 2.75) is 42.5 Å². The molecule has 0 N–H and O–H groups in total. The lowest BCUT2D eigenvalue weighted by Gasteiger charge is -2.40. The maximum absolute atomic E-state index is 16.0. The van der Waals surface area contributed by atoms with Gasteiger partial charge in [-0.15, -0.1) is 24.9 Å². The Bertz CT molecular complexity index is 2230. The van der Waals surface area contributed by atoms with E-state index in [0.717, 1.165) is 36.4 Å². The van der Waals surface area contributed by atoms with E-state index in [1.165, 1.54) is 59.5 Å². The Kier molecular flexibility index (Phi) is 16.1. The average molecular weight is 855 g/mol. The Morgan fingerprint density at radius 1 is 1.02 bits per heavy atom. The van der Waals surface area contributed by atoms with Crippen LogP contribution in [0.25, 0.3) is 6.08 Å². The highest BCUT2D eigenvalue weighted by Crippen LogP contribution is 2.50. The molecule has 3 aromatic carbocycles. The number of phosphoric acid groups is 1. The van der Waals surface area contributed by atoms with Crippen LogP contribution in [0.1, 0.15) is 39.5 Å². The summed E-state index contributed by atoms with van der Waals surface area (Å²) in [6.45, 7) is 7.58. The molecule has 1 aliphatic rings. The molecule has 0 amide bonds. The lowest BCUT2D eigenvalue weighted by atomic mass is 9.89. The summed E-state index contributed by atoms with van der Waals surface area (Å²) in [7, 11) is -4.27. The van der Waals surface area contributed by atoms with Crippen molar-refractivity contribution >= 4 is 31.6 Å². The number of esters is 1. The van der Waals surface area contributed by atoms with E-state index in [1.807, 2.05) is 6.07 Å². The van der Waals surface area contributed by atoms with Gasteiger partial charge < -0.3 is 14.2 Å². The highest BCUT2D eigenvalue weighted by molar-refractivity contribution is 8.00. The van der Waals surface area contributed by atoms with E-state index < -0.39 is 66.1 Å². The summed E-state index contributed by atoms with van der Waals surface area (Å²) in [6, 6.07) is 12.0. The molecule has 0 unspecified atom stereocenters. The second-order valence-electron chi connectivity index (χ2n) is 12.7. The van der Waals surface area contributed by atoms with E-state index >= 15 is 4.39 Å². The van der Waals surface area contributed by atoms with Gasteiger partial charge in [-0.1, -0.05) is 36.4 Å². The number of hydrogen-bond donors (Lipinski definition) is 0. The van der Waals surface area contributed by atoms with Gasteiger partial charge >= 0.3 is 13.8 Å². The van der Waals surface area contributed by atoms with Crippen molar-refractivity contribution in [2.24, 2.45) is 0 Å². The van der Waals surface area contributed by atoms with Crippen LogP contribution in [-0.2, 0) is 51.1 Å². The summed E-state index contributed by atoms with van der Waals surface area (Å²) in [5.41, 5.74) is -2.00. The zero-order valence-corrected chi connectivity index (χ0v) is 33.3. The van der Waals surface area contributed by atoms with Gasteiger partial charge in [0.25, 0.3) is 0 Å². The van der Waals surface area contributed by atoms with Gasteiger partial charge in [0, 0.05) is 22.4 Å². The van der Waals surface area contributed by atoms with Crippen molar-refractivity contribution in [1.82, 2.24) is 14.8 Å². The van der Waals surface area contributed by atoms with Gasteiger partial charge in [-0.2, -0.15) is 10.4 Å². The molecule has 1 aliphatic heterocycles. The number of ether oxygens (including phenoxy) is 3. The largest absolute Gasteiger partial charge is 0.475 e. The summed E-state index contributed by atoms with van der Waals surface area (Å²) in [4.78, 5) is 18.3. The number of nitrogens with zero attached hydrogens (tertiary/aromatic N) is 4. The number of nitriles is 1. The molecule has 12 nitrogen and oxygen atoms in total. The third-order valence-corrected chi connectivity index (χ3v) is 11.4. The van der Waals surface area contributed by atoms with Crippen molar-refractivity contribution in [3.05, 3.63) is 162 Å². The number of allylic oxidation sites excluding steroid dienone is 2. The lowest BCUT2D eigenvalue weighted by Crippen LogP contribution is -2.47. The van der Waals surface area contributed by atoms with E-state index in [-0.39, 0.29) is 60.8 Å². The van der Waals surface area contributed by atoms with Gasteiger partial charge in [-0.25, -0.2) is 36.6 Å². The molecule has 0 aliphatic carbocycles. The SMILES string of the molecule is C=CCOP(=O)(OCC=C)OCc1cc(F)ccc1C(=O)O[C@@](Cn1cncn1)(c1ccc(F)cc1F)[C@@H](C)S[C@H]1CO[C@H](/C=C/C=C/c2ccc(C#N)cc2F)OC1. The minimum atomic E-state index is -4.27. The lowest BCUT2D eigenvalue weighted by molar-refractivity contribution is -0.146. The summed E-state index contributed by atoms with van der Waals surface area (Å²) in [5, 5.41) is 11.9. The molecular formula is C41H39F4N4O8PS. The van der Waals surface area contributed by atoms with Gasteiger partial charge in [0.05, 0.1) is 62.0 Å². The molecule has 0 bridgehead atoms. The molecule has 0 spiro atoms. The first-order valence-corrected chi connectivity index (χ1v) is 20.3. The first kappa shape index (κ1) is 44.9. The topological polar surface area (TPSA) is 144 Å². The molecule has 18 heteroatoms. The van der Waals surface area contributed by atoms with Crippen LogP contribution in [-0.4, -0.2) is 64.0 Å². The molecule has 1 fully saturated rings. The summed E-state index contributed by atoms with van der Waals surface area (Å²) >= 11 is 1.24. The number of hydrogen-bond acceptors (Lipinski definition) is 12. The Morgan fingerprint density at radius 2 is 1.73 bits per heavy atom. The van der Waals surface area contributed by atoms with Crippen LogP contribution in [0.4, 0.5) is 17.6 Å². The van der Waals surface area contributed by atoms with Gasteiger partial charge in [0.2, 0.25) is 0 Å².